The van der Waals surface area contributed by atoms with E-state index < -0.39 is 29.9 Å². The van der Waals surface area contributed by atoms with Crippen LogP contribution in [0.4, 0.5) is 10.1 Å². The second-order valence-electron chi connectivity index (χ2n) is 4.36. The Labute approximate surface area is 114 Å². The number of benzene rings is 1. The van der Waals surface area contributed by atoms with Gasteiger partial charge in [0, 0.05) is 6.07 Å². The van der Waals surface area contributed by atoms with Gasteiger partial charge in [-0.15, -0.1) is 0 Å². The van der Waals surface area contributed by atoms with E-state index in [4.69, 9.17) is 14.6 Å². The molecule has 0 radical (unpaired) electrons. The molecule has 1 aromatic rings. The number of halogens is 1. The van der Waals surface area contributed by atoms with E-state index in [9.17, 15) is 14.0 Å². The first-order chi connectivity index (χ1) is 9.51. The van der Waals surface area contributed by atoms with Crippen molar-refractivity contribution in [3.63, 3.8) is 0 Å². The van der Waals surface area contributed by atoms with Crippen molar-refractivity contribution in [1.29, 1.82) is 0 Å². The van der Waals surface area contributed by atoms with Gasteiger partial charge in [-0.1, -0.05) is 0 Å². The monoisotopic (exact) mass is 283 g/mol. The van der Waals surface area contributed by atoms with Crippen molar-refractivity contribution in [2.45, 2.75) is 25.0 Å². The van der Waals surface area contributed by atoms with E-state index in [1.54, 1.807) is 0 Å². The fourth-order valence-corrected chi connectivity index (χ4v) is 1.95. The van der Waals surface area contributed by atoms with Crippen LogP contribution in [0.1, 0.15) is 12.8 Å². The lowest BCUT2D eigenvalue weighted by Gasteiger charge is -2.13. The highest BCUT2D eigenvalue weighted by molar-refractivity contribution is 5.95. The highest BCUT2D eigenvalue weighted by Crippen LogP contribution is 2.24. The van der Waals surface area contributed by atoms with Gasteiger partial charge in [-0.05, 0) is 25.0 Å². The lowest BCUT2D eigenvalue weighted by molar-refractivity contribution is -0.150. The number of carbonyl (C=O) groups is 2. The third-order valence-corrected chi connectivity index (χ3v) is 3.02. The molecule has 1 aliphatic rings. The molecule has 0 aromatic heterocycles. The fourth-order valence-electron chi connectivity index (χ4n) is 1.95. The molecular formula is C13H14FNO5. The molecule has 0 saturated carbocycles. The van der Waals surface area contributed by atoms with Crippen LogP contribution in [0.25, 0.3) is 0 Å². The van der Waals surface area contributed by atoms with Crippen LogP contribution in [0.15, 0.2) is 18.2 Å². The number of methoxy groups -OCH3 is 1. The standard InChI is InChI=1S/C13H14FNO5/c1-19-7-2-3-8(14)9(6-7)15-12(16)10-4-5-11(20-10)13(17)18/h2-3,6,10-11H,4-5H2,1H3,(H,15,16)(H,17,18). The summed E-state index contributed by atoms with van der Waals surface area (Å²) < 4.78 is 23.6. The first-order valence-electron chi connectivity index (χ1n) is 6.04. The molecule has 1 aliphatic heterocycles. The summed E-state index contributed by atoms with van der Waals surface area (Å²) in [5.41, 5.74) is -0.0308. The third kappa shape index (κ3) is 3.05. The Balaban J connectivity index is 2.03. The van der Waals surface area contributed by atoms with Crippen LogP contribution >= 0.6 is 0 Å². The Bertz CT molecular complexity index is 533. The summed E-state index contributed by atoms with van der Waals surface area (Å²) in [5, 5.41) is 11.2. The third-order valence-electron chi connectivity index (χ3n) is 3.02. The molecular weight excluding hydrogens is 269 g/mol. The average Bonchev–Trinajstić information content (AvgIpc) is 2.91. The van der Waals surface area contributed by atoms with Gasteiger partial charge >= 0.3 is 5.97 Å². The first-order valence-corrected chi connectivity index (χ1v) is 6.04. The summed E-state index contributed by atoms with van der Waals surface area (Å²) in [5.74, 6) is -1.88. The van der Waals surface area contributed by atoms with Crippen LogP contribution in [-0.4, -0.2) is 36.3 Å². The molecule has 1 amide bonds. The van der Waals surface area contributed by atoms with Crippen molar-refractivity contribution >= 4 is 17.6 Å². The molecule has 2 unspecified atom stereocenters. The van der Waals surface area contributed by atoms with Crippen LogP contribution in [0.3, 0.4) is 0 Å². The summed E-state index contributed by atoms with van der Waals surface area (Å²) in [4.78, 5) is 22.6. The van der Waals surface area contributed by atoms with Crippen LogP contribution in [0.5, 0.6) is 5.75 Å². The predicted octanol–water partition coefficient (Wildman–Crippen LogP) is 1.41. The molecule has 1 aromatic carbocycles. The molecule has 1 fully saturated rings. The SMILES string of the molecule is COc1ccc(F)c(NC(=O)C2CCC(C(=O)O)O2)c1. The largest absolute Gasteiger partial charge is 0.497 e. The minimum Gasteiger partial charge on any atom is -0.497 e. The smallest absolute Gasteiger partial charge is 0.332 e. The Morgan fingerprint density at radius 1 is 1.40 bits per heavy atom. The number of anilines is 1. The Morgan fingerprint density at radius 2 is 2.10 bits per heavy atom. The van der Waals surface area contributed by atoms with Crippen molar-refractivity contribution in [2.75, 3.05) is 12.4 Å². The van der Waals surface area contributed by atoms with Gasteiger partial charge in [0.15, 0.2) is 6.10 Å². The molecule has 20 heavy (non-hydrogen) atoms. The Morgan fingerprint density at radius 3 is 2.70 bits per heavy atom. The number of carboxylic acids is 1. The van der Waals surface area contributed by atoms with Crippen molar-refractivity contribution in [2.24, 2.45) is 0 Å². The molecule has 1 heterocycles. The van der Waals surface area contributed by atoms with Gasteiger partial charge in [-0.25, -0.2) is 9.18 Å². The van der Waals surface area contributed by atoms with Gasteiger partial charge in [-0.2, -0.15) is 0 Å². The van der Waals surface area contributed by atoms with Gasteiger partial charge in [0.1, 0.15) is 17.7 Å². The van der Waals surface area contributed by atoms with Crippen LogP contribution < -0.4 is 10.1 Å². The van der Waals surface area contributed by atoms with Crippen LogP contribution in [0, 0.1) is 5.82 Å². The zero-order valence-corrected chi connectivity index (χ0v) is 10.8. The summed E-state index contributed by atoms with van der Waals surface area (Å²) in [7, 11) is 1.43. The highest BCUT2D eigenvalue weighted by atomic mass is 19.1. The average molecular weight is 283 g/mol. The van der Waals surface area contributed by atoms with Crippen molar-refractivity contribution in [1.82, 2.24) is 0 Å². The maximum atomic E-state index is 13.6. The number of carbonyl (C=O) groups excluding carboxylic acids is 1. The molecule has 108 valence electrons. The number of hydrogen-bond donors (Lipinski definition) is 2. The predicted molar refractivity (Wildman–Crippen MR) is 67.1 cm³/mol. The summed E-state index contributed by atoms with van der Waals surface area (Å²) in [6, 6.07) is 3.94. The van der Waals surface area contributed by atoms with E-state index >= 15 is 0 Å². The van der Waals surface area contributed by atoms with Gasteiger partial charge in [0.25, 0.3) is 5.91 Å². The minimum atomic E-state index is -1.10. The van der Waals surface area contributed by atoms with E-state index in [0.717, 1.165) is 0 Å². The van der Waals surface area contributed by atoms with E-state index in [0.29, 0.717) is 5.75 Å². The topological polar surface area (TPSA) is 84.9 Å². The second kappa shape index (κ2) is 5.87. The lowest BCUT2D eigenvalue weighted by atomic mass is 10.2. The molecule has 2 atom stereocenters. The lowest BCUT2D eigenvalue weighted by Crippen LogP contribution is -2.30. The fraction of sp³-hybridized carbons (Fsp3) is 0.385. The molecule has 0 bridgehead atoms. The van der Waals surface area contributed by atoms with E-state index in [2.05, 4.69) is 5.32 Å². The molecule has 6 nitrogen and oxygen atoms in total. The van der Waals surface area contributed by atoms with Crippen LogP contribution in [0.2, 0.25) is 0 Å². The molecule has 2 N–H and O–H groups in total. The quantitative estimate of drug-likeness (QED) is 0.872. The number of nitrogens with one attached hydrogen (secondary N) is 1. The summed E-state index contributed by atoms with van der Waals surface area (Å²) >= 11 is 0. The summed E-state index contributed by atoms with van der Waals surface area (Å²) in [6.45, 7) is 0. The molecule has 1 saturated heterocycles. The van der Waals surface area contributed by atoms with Gasteiger partial charge in [0.2, 0.25) is 0 Å². The number of carboxylic acid groups (broad SMARTS) is 1. The number of ether oxygens (including phenoxy) is 2. The normalized spacial score (nSPS) is 21.5. The first kappa shape index (κ1) is 14.3. The number of hydrogen-bond acceptors (Lipinski definition) is 4. The zero-order valence-electron chi connectivity index (χ0n) is 10.8. The highest BCUT2D eigenvalue weighted by Gasteiger charge is 2.34. The molecule has 0 spiro atoms. The van der Waals surface area contributed by atoms with Gasteiger partial charge in [-0.3, -0.25) is 4.79 Å². The van der Waals surface area contributed by atoms with E-state index in [1.165, 1.54) is 25.3 Å². The molecule has 2 rings (SSSR count). The van der Waals surface area contributed by atoms with E-state index in [-0.39, 0.29) is 18.5 Å². The number of aliphatic carboxylic acids is 1. The number of rotatable bonds is 4. The Kier molecular flexibility index (Phi) is 4.19. The molecule has 0 aliphatic carbocycles. The maximum absolute atomic E-state index is 13.6. The van der Waals surface area contributed by atoms with Crippen LogP contribution in [-0.2, 0) is 14.3 Å². The second-order valence-corrected chi connectivity index (χ2v) is 4.36. The molecule has 7 heteroatoms. The van der Waals surface area contributed by atoms with E-state index in [1.807, 2.05) is 0 Å². The minimum absolute atomic E-state index is 0.0308. The van der Waals surface area contributed by atoms with Gasteiger partial charge < -0.3 is 19.9 Å². The number of amides is 1. The maximum Gasteiger partial charge on any atom is 0.332 e. The van der Waals surface area contributed by atoms with Crippen molar-refractivity contribution in [3.05, 3.63) is 24.0 Å². The van der Waals surface area contributed by atoms with Crippen molar-refractivity contribution in [3.8, 4) is 5.75 Å². The summed E-state index contributed by atoms with van der Waals surface area (Å²) in [6.07, 6.45) is -1.33. The van der Waals surface area contributed by atoms with Gasteiger partial charge in [0.05, 0.1) is 12.8 Å². The Hall–Kier alpha value is -2.15. The zero-order chi connectivity index (χ0) is 14.7. The van der Waals surface area contributed by atoms with Crippen molar-refractivity contribution < 1.29 is 28.6 Å².